The molecule has 1 aromatic carbocycles. The molecule has 3 amide bonds. The van der Waals surface area contributed by atoms with E-state index in [2.05, 4.69) is 5.32 Å². The van der Waals surface area contributed by atoms with Gasteiger partial charge in [-0.25, -0.2) is 9.59 Å². The maximum Gasteiger partial charge on any atom is 0.331 e. The van der Waals surface area contributed by atoms with Gasteiger partial charge in [0.1, 0.15) is 11.5 Å². The van der Waals surface area contributed by atoms with Crippen molar-refractivity contribution < 1.29 is 33.3 Å². The van der Waals surface area contributed by atoms with Gasteiger partial charge in [-0.05, 0) is 18.2 Å². The molecule has 0 unspecified atom stereocenters. The Labute approximate surface area is 151 Å². The summed E-state index contributed by atoms with van der Waals surface area (Å²) in [5.41, 5.74) is 0.632. The second-order valence-corrected chi connectivity index (χ2v) is 4.85. The Hall–Kier alpha value is -3.07. The molecular weight excluding hydrogens is 344 g/mol. The Morgan fingerprint density at radius 1 is 1.12 bits per heavy atom. The zero-order valence-corrected chi connectivity index (χ0v) is 14.9. The minimum atomic E-state index is -0.747. The van der Waals surface area contributed by atoms with Gasteiger partial charge in [-0.1, -0.05) is 0 Å². The maximum absolute atomic E-state index is 11.7. The highest BCUT2D eigenvalue weighted by Crippen LogP contribution is 2.25. The van der Waals surface area contributed by atoms with Gasteiger partial charge >= 0.3 is 12.0 Å². The van der Waals surface area contributed by atoms with E-state index in [4.69, 9.17) is 18.9 Å². The molecule has 0 aliphatic carbocycles. The number of carbonyl (C=O) groups excluding carboxylic acids is 3. The molecule has 0 spiro atoms. The Morgan fingerprint density at radius 2 is 1.88 bits per heavy atom. The summed E-state index contributed by atoms with van der Waals surface area (Å²) in [4.78, 5) is 34.5. The van der Waals surface area contributed by atoms with E-state index in [9.17, 15) is 14.4 Å². The Morgan fingerprint density at radius 3 is 2.54 bits per heavy atom. The van der Waals surface area contributed by atoms with Crippen molar-refractivity contribution in [3.05, 3.63) is 29.8 Å². The molecule has 26 heavy (non-hydrogen) atoms. The molecule has 9 nitrogen and oxygen atoms in total. The van der Waals surface area contributed by atoms with Crippen molar-refractivity contribution in [2.45, 2.75) is 0 Å². The van der Waals surface area contributed by atoms with Gasteiger partial charge in [0.2, 0.25) is 0 Å². The first kappa shape index (κ1) is 21.0. The fraction of sp³-hybridized carbons (Fsp3) is 0.353. The van der Waals surface area contributed by atoms with Crippen LogP contribution in [0.3, 0.4) is 0 Å². The minimum Gasteiger partial charge on any atom is -0.497 e. The fourth-order valence-electron chi connectivity index (χ4n) is 1.77. The van der Waals surface area contributed by atoms with Crippen molar-refractivity contribution in [1.29, 1.82) is 0 Å². The van der Waals surface area contributed by atoms with Gasteiger partial charge in [0.05, 0.1) is 20.8 Å². The summed E-state index contributed by atoms with van der Waals surface area (Å²) in [6.07, 6.45) is 2.63. The van der Waals surface area contributed by atoms with Crippen LogP contribution in [0, 0.1) is 0 Å². The monoisotopic (exact) mass is 366 g/mol. The molecule has 1 rings (SSSR count). The summed E-state index contributed by atoms with van der Waals surface area (Å²) in [6.45, 7) is -0.0152. The molecule has 0 heterocycles. The molecule has 142 valence electrons. The summed E-state index contributed by atoms with van der Waals surface area (Å²) in [5.74, 6) is -0.359. The van der Waals surface area contributed by atoms with Crippen LogP contribution in [0.25, 0.3) is 6.08 Å². The lowest BCUT2D eigenvalue weighted by Crippen LogP contribution is -2.42. The lowest BCUT2D eigenvalue weighted by molar-refractivity contribution is -0.143. The normalized spacial score (nSPS) is 10.3. The SMILES string of the molecule is COCCNC(=O)NC(=O)COC(=O)/C=C/c1ccc(OC)cc1OC. The minimum absolute atomic E-state index is 0.252. The van der Waals surface area contributed by atoms with Crippen molar-refractivity contribution in [3.8, 4) is 11.5 Å². The molecule has 0 aromatic heterocycles. The first-order valence-electron chi connectivity index (χ1n) is 7.63. The van der Waals surface area contributed by atoms with Crippen LogP contribution in [0.15, 0.2) is 24.3 Å². The second-order valence-electron chi connectivity index (χ2n) is 4.85. The lowest BCUT2D eigenvalue weighted by Gasteiger charge is -2.07. The van der Waals surface area contributed by atoms with Gasteiger partial charge in [0.25, 0.3) is 5.91 Å². The van der Waals surface area contributed by atoms with E-state index in [1.807, 2.05) is 5.32 Å². The average molecular weight is 366 g/mol. The number of nitrogens with one attached hydrogen (secondary N) is 2. The number of esters is 1. The highest BCUT2D eigenvalue weighted by molar-refractivity contribution is 5.96. The molecule has 0 radical (unpaired) electrons. The van der Waals surface area contributed by atoms with Crippen LogP contribution < -0.4 is 20.1 Å². The van der Waals surface area contributed by atoms with Gasteiger partial charge in [-0.3, -0.25) is 10.1 Å². The van der Waals surface area contributed by atoms with Gasteiger partial charge < -0.3 is 24.3 Å². The quantitative estimate of drug-likeness (QED) is 0.376. The number of benzene rings is 1. The van der Waals surface area contributed by atoms with Gasteiger partial charge in [-0.15, -0.1) is 0 Å². The van der Waals surface area contributed by atoms with Crippen molar-refractivity contribution in [2.75, 3.05) is 41.1 Å². The van der Waals surface area contributed by atoms with Crippen molar-refractivity contribution in [3.63, 3.8) is 0 Å². The van der Waals surface area contributed by atoms with E-state index in [0.717, 1.165) is 6.08 Å². The largest absolute Gasteiger partial charge is 0.497 e. The van der Waals surface area contributed by atoms with E-state index in [1.165, 1.54) is 27.4 Å². The molecular formula is C17H22N2O7. The molecule has 0 bridgehead atoms. The van der Waals surface area contributed by atoms with Crippen LogP contribution in [-0.4, -0.2) is 59.0 Å². The third-order valence-corrected chi connectivity index (χ3v) is 3.03. The number of rotatable bonds is 9. The smallest absolute Gasteiger partial charge is 0.331 e. The van der Waals surface area contributed by atoms with Crippen LogP contribution in [0.5, 0.6) is 11.5 Å². The summed E-state index contributed by atoms with van der Waals surface area (Å²) >= 11 is 0. The third-order valence-electron chi connectivity index (χ3n) is 3.03. The summed E-state index contributed by atoms with van der Waals surface area (Å²) in [7, 11) is 4.51. The molecule has 0 saturated heterocycles. The van der Waals surface area contributed by atoms with Crippen LogP contribution in [0.4, 0.5) is 4.79 Å². The lowest BCUT2D eigenvalue weighted by atomic mass is 10.2. The van der Waals surface area contributed by atoms with Crippen LogP contribution in [-0.2, 0) is 19.1 Å². The van der Waals surface area contributed by atoms with Crippen LogP contribution in [0.2, 0.25) is 0 Å². The molecule has 1 aromatic rings. The molecule has 9 heteroatoms. The van der Waals surface area contributed by atoms with Crippen molar-refractivity contribution in [2.24, 2.45) is 0 Å². The molecule has 0 aliphatic heterocycles. The van der Waals surface area contributed by atoms with Gasteiger partial charge in [0.15, 0.2) is 6.61 Å². The second kappa shape index (κ2) is 11.5. The Kier molecular flexibility index (Phi) is 9.26. The standard InChI is InChI=1S/C17H22N2O7/c1-23-9-8-18-17(22)19-15(20)11-26-16(21)7-5-12-4-6-13(24-2)10-14(12)25-3/h4-7,10H,8-9,11H2,1-3H3,(H2,18,19,20,22)/b7-5+. The molecule has 0 aliphatic rings. The maximum atomic E-state index is 11.7. The molecule has 0 saturated carbocycles. The summed E-state index contributed by atoms with van der Waals surface area (Å²) in [6, 6.07) is 4.39. The Balaban J connectivity index is 2.45. The predicted octanol–water partition coefficient (Wildman–Crippen LogP) is 0.732. The highest BCUT2D eigenvalue weighted by Gasteiger charge is 2.09. The topological polar surface area (TPSA) is 112 Å². The zero-order valence-electron chi connectivity index (χ0n) is 14.9. The predicted molar refractivity (Wildman–Crippen MR) is 93.0 cm³/mol. The zero-order chi connectivity index (χ0) is 19.4. The number of amides is 3. The number of carbonyl (C=O) groups is 3. The summed E-state index contributed by atoms with van der Waals surface area (Å²) < 4.78 is 19.8. The highest BCUT2D eigenvalue weighted by atomic mass is 16.5. The molecule has 0 atom stereocenters. The van der Waals surface area contributed by atoms with Gasteiger partial charge in [-0.2, -0.15) is 0 Å². The fourth-order valence-corrected chi connectivity index (χ4v) is 1.77. The van der Waals surface area contributed by atoms with E-state index in [1.54, 1.807) is 18.2 Å². The third kappa shape index (κ3) is 7.67. The molecule has 2 N–H and O–H groups in total. The Bertz CT molecular complexity index is 659. The van der Waals surface area contributed by atoms with Crippen LogP contribution >= 0.6 is 0 Å². The van der Waals surface area contributed by atoms with E-state index >= 15 is 0 Å². The first-order valence-corrected chi connectivity index (χ1v) is 7.63. The number of methoxy groups -OCH3 is 3. The van der Waals surface area contributed by atoms with E-state index < -0.39 is 24.5 Å². The average Bonchev–Trinajstić information content (AvgIpc) is 2.64. The molecule has 0 fully saturated rings. The number of urea groups is 1. The first-order chi connectivity index (χ1) is 12.5. The van der Waals surface area contributed by atoms with Gasteiger partial charge in [0, 0.05) is 31.4 Å². The van der Waals surface area contributed by atoms with Crippen molar-refractivity contribution >= 4 is 24.0 Å². The number of hydrogen-bond donors (Lipinski definition) is 2. The van der Waals surface area contributed by atoms with E-state index in [-0.39, 0.29) is 6.54 Å². The van der Waals surface area contributed by atoms with E-state index in [0.29, 0.717) is 23.7 Å². The number of hydrogen-bond acceptors (Lipinski definition) is 7. The number of ether oxygens (including phenoxy) is 4. The van der Waals surface area contributed by atoms with Crippen LogP contribution in [0.1, 0.15) is 5.56 Å². The summed E-state index contributed by atoms with van der Waals surface area (Å²) in [5, 5.41) is 4.42. The number of imide groups is 1. The van der Waals surface area contributed by atoms with Crippen molar-refractivity contribution in [1.82, 2.24) is 10.6 Å².